The zero-order valence-corrected chi connectivity index (χ0v) is 10.8. The summed E-state index contributed by atoms with van der Waals surface area (Å²) in [5.74, 6) is 0. The molecular formula is C13H14N2O2S. The van der Waals surface area contributed by atoms with Gasteiger partial charge < -0.3 is 0 Å². The Balaban J connectivity index is 2.34. The van der Waals surface area contributed by atoms with Crippen LogP contribution in [0.4, 0.5) is 5.69 Å². The maximum absolute atomic E-state index is 11.8. The summed E-state index contributed by atoms with van der Waals surface area (Å²) in [6, 6.07) is 12.7. The van der Waals surface area contributed by atoms with Crippen LogP contribution in [-0.4, -0.2) is 19.7 Å². The van der Waals surface area contributed by atoms with Crippen molar-refractivity contribution in [3.8, 4) is 0 Å². The van der Waals surface area contributed by atoms with Crippen molar-refractivity contribution in [2.45, 2.75) is 6.54 Å². The maximum Gasteiger partial charge on any atom is 0.232 e. The molecule has 2 aromatic rings. The normalized spacial score (nSPS) is 11.2. The fourth-order valence-electron chi connectivity index (χ4n) is 1.65. The molecule has 0 aliphatic heterocycles. The molecular weight excluding hydrogens is 248 g/mol. The van der Waals surface area contributed by atoms with Crippen molar-refractivity contribution in [2.75, 3.05) is 10.6 Å². The van der Waals surface area contributed by atoms with Gasteiger partial charge in [0.2, 0.25) is 10.0 Å². The summed E-state index contributed by atoms with van der Waals surface area (Å²) in [7, 11) is -3.31. The summed E-state index contributed by atoms with van der Waals surface area (Å²) in [6.45, 7) is 0.288. The van der Waals surface area contributed by atoms with Crippen LogP contribution in [0.1, 0.15) is 5.56 Å². The summed E-state index contributed by atoms with van der Waals surface area (Å²) in [6.07, 6.45) is 4.54. The van der Waals surface area contributed by atoms with Crippen LogP contribution in [0.2, 0.25) is 0 Å². The van der Waals surface area contributed by atoms with E-state index in [1.54, 1.807) is 30.6 Å². The number of hydrogen-bond acceptors (Lipinski definition) is 3. The number of nitrogens with zero attached hydrogens (tertiary/aromatic N) is 2. The van der Waals surface area contributed by atoms with Crippen LogP contribution in [-0.2, 0) is 16.6 Å². The second-order valence-corrected chi connectivity index (χ2v) is 5.87. The summed E-state index contributed by atoms with van der Waals surface area (Å²) in [4.78, 5) is 3.99. The van der Waals surface area contributed by atoms with Crippen molar-refractivity contribution in [3.63, 3.8) is 0 Å². The molecule has 0 unspecified atom stereocenters. The standard InChI is InChI=1S/C13H14N2O2S/c1-18(16,17)15(13-7-3-2-4-8-13)11-12-6-5-9-14-10-12/h2-10H,11H2,1H3. The average Bonchev–Trinajstić information content (AvgIpc) is 2.37. The highest BCUT2D eigenvalue weighted by molar-refractivity contribution is 7.92. The van der Waals surface area contributed by atoms with Gasteiger partial charge in [-0.05, 0) is 23.8 Å². The minimum atomic E-state index is -3.31. The van der Waals surface area contributed by atoms with Crippen LogP contribution in [0, 0.1) is 0 Å². The minimum absolute atomic E-state index is 0.288. The first kappa shape index (κ1) is 12.6. The first-order chi connectivity index (χ1) is 8.57. The van der Waals surface area contributed by atoms with Gasteiger partial charge in [-0.15, -0.1) is 0 Å². The lowest BCUT2D eigenvalue weighted by Gasteiger charge is -2.22. The molecule has 5 heteroatoms. The van der Waals surface area contributed by atoms with Crippen LogP contribution in [0.5, 0.6) is 0 Å². The second-order valence-electron chi connectivity index (χ2n) is 3.97. The molecule has 4 nitrogen and oxygen atoms in total. The summed E-state index contributed by atoms with van der Waals surface area (Å²) in [5, 5.41) is 0. The van der Waals surface area contributed by atoms with Gasteiger partial charge in [0, 0.05) is 12.4 Å². The number of anilines is 1. The Kier molecular flexibility index (Phi) is 3.62. The van der Waals surface area contributed by atoms with Gasteiger partial charge in [0.1, 0.15) is 0 Å². The topological polar surface area (TPSA) is 50.3 Å². The molecule has 1 aromatic heterocycles. The minimum Gasteiger partial charge on any atom is -0.266 e. The van der Waals surface area contributed by atoms with Crippen molar-refractivity contribution in [1.82, 2.24) is 4.98 Å². The third-order valence-corrected chi connectivity index (χ3v) is 3.63. The van der Waals surface area contributed by atoms with Crippen molar-refractivity contribution in [3.05, 3.63) is 60.4 Å². The van der Waals surface area contributed by atoms with Crippen molar-refractivity contribution >= 4 is 15.7 Å². The van der Waals surface area contributed by atoms with Gasteiger partial charge in [-0.2, -0.15) is 0 Å². The molecule has 0 aliphatic carbocycles. The molecule has 94 valence electrons. The molecule has 0 spiro atoms. The predicted molar refractivity (Wildman–Crippen MR) is 71.7 cm³/mol. The van der Waals surface area contributed by atoms with Crippen LogP contribution in [0.25, 0.3) is 0 Å². The van der Waals surface area contributed by atoms with Crippen LogP contribution < -0.4 is 4.31 Å². The molecule has 0 fully saturated rings. The highest BCUT2D eigenvalue weighted by Gasteiger charge is 2.17. The molecule has 0 atom stereocenters. The van der Waals surface area contributed by atoms with Crippen molar-refractivity contribution in [2.24, 2.45) is 0 Å². The van der Waals surface area contributed by atoms with E-state index in [1.807, 2.05) is 24.3 Å². The van der Waals surface area contributed by atoms with Crippen LogP contribution >= 0.6 is 0 Å². The van der Waals surface area contributed by atoms with Crippen LogP contribution in [0.3, 0.4) is 0 Å². The van der Waals surface area contributed by atoms with Gasteiger partial charge in [-0.25, -0.2) is 8.42 Å². The van der Waals surface area contributed by atoms with E-state index in [4.69, 9.17) is 0 Å². The zero-order valence-electron chi connectivity index (χ0n) is 10.0. The van der Waals surface area contributed by atoms with Gasteiger partial charge in [0.15, 0.2) is 0 Å². The van der Waals surface area contributed by atoms with E-state index in [0.29, 0.717) is 5.69 Å². The molecule has 0 saturated carbocycles. The van der Waals surface area contributed by atoms with Gasteiger partial charge >= 0.3 is 0 Å². The Labute approximate surface area is 107 Å². The second kappa shape index (κ2) is 5.18. The van der Waals surface area contributed by atoms with Gasteiger partial charge in [-0.1, -0.05) is 24.3 Å². The third-order valence-electron chi connectivity index (χ3n) is 2.49. The van der Waals surface area contributed by atoms with E-state index in [1.165, 1.54) is 10.6 Å². The van der Waals surface area contributed by atoms with E-state index >= 15 is 0 Å². The SMILES string of the molecule is CS(=O)(=O)N(Cc1cccnc1)c1ccccc1. The number of hydrogen-bond donors (Lipinski definition) is 0. The fraction of sp³-hybridized carbons (Fsp3) is 0.154. The summed E-state index contributed by atoms with van der Waals surface area (Å²) < 4.78 is 25.0. The van der Waals surface area contributed by atoms with Gasteiger partial charge in [0.05, 0.1) is 18.5 Å². The summed E-state index contributed by atoms with van der Waals surface area (Å²) in [5.41, 5.74) is 1.51. The zero-order chi connectivity index (χ0) is 13.0. The smallest absolute Gasteiger partial charge is 0.232 e. The molecule has 1 heterocycles. The molecule has 0 saturated heterocycles. The number of pyridine rings is 1. The molecule has 0 aliphatic rings. The lowest BCUT2D eigenvalue weighted by Crippen LogP contribution is -2.29. The molecule has 1 aromatic carbocycles. The lowest BCUT2D eigenvalue weighted by molar-refractivity contribution is 0.596. The average molecular weight is 262 g/mol. The summed E-state index contributed by atoms with van der Waals surface area (Å²) >= 11 is 0. The molecule has 0 bridgehead atoms. The Morgan fingerprint density at radius 2 is 1.83 bits per heavy atom. The fourth-order valence-corrected chi connectivity index (χ4v) is 2.54. The van der Waals surface area contributed by atoms with E-state index in [2.05, 4.69) is 4.98 Å². The van der Waals surface area contributed by atoms with Crippen LogP contribution in [0.15, 0.2) is 54.9 Å². The quantitative estimate of drug-likeness (QED) is 0.847. The van der Waals surface area contributed by atoms with Gasteiger partial charge in [0.25, 0.3) is 0 Å². The highest BCUT2D eigenvalue weighted by atomic mass is 32.2. The monoisotopic (exact) mass is 262 g/mol. The van der Waals surface area contributed by atoms with E-state index in [9.17, 15) is 8.42 Å². The maximum atomic E-state index is 11.8. The molecule has 0 radical (unpaired) electrons. The molecule has 0 N–H and O–H groups in total. The number of aromatic nitrogens is 1. The highest BCUT2D eigenvalue weighted by Crippen LogP contribution is 2.19. The third kappa shape index (κ3) is 3.07. The molecule has 2 rings (SSSR count). The van der Waals surface area contributed by atoms with Crippen molar-refractivity contribution < 1.29 is 8.42 Å². The van der Waals surface area contributed by atoms with E-state index in [-0.39, 0.29) is 6.54 Å². The Morgan fingerprint density at radius 1 is 1.11 bits per heavy atom. The van der Waals surface area contributed by atoms with Crippen molar-refractivity contribution in [1.29, 1.82) is 0 Å². The number of rotatable bonds is 4. The predicted octanol–water partition coefficient (Wildman–Crippen LogP) is 2.05. The largest absolute Gasteiger partial charge is 0.266 e. The van der Waals surface area contributed by atoms with E-state index < -0.39 is 10.0 Å². The van der Waals surface area contributed by atoms with Gasteiger partial charge in [-0.3, -0.25) is 9.29 Å². The first-order valence-electron chi connectivity index (χ1n) is 5.49. The molecule has 0 amide bonds. The first-order valence-corrected chi connectivity index (χ1v) is 7.34. The number of para-hydroxylation sites is 1. The number of sulfonamides is 1. The number of benzene rings is 1. The Morgan fingerprint density at radius 3 is 2.39 bits per heavy atom. The molecule has 18 heavy (non-hydrogen) atoms. The lowest BCUT2D eigenvalue weighted by atomic mass is 10.2. The van der Waals surface area contributed by atoms with E-state index in [0.717, 1.165) is 5.56 Å². The Hall–Kier alpha value is -1.88. The Bertz CT molecular complexity index is 597.